The first-order valence-electron chi connectivity index (χ1n) is 5.38. The molecule has 0 aromatic rings. The van der Waals surface area contributed by atoms with Crippen molar-refractivity contribution in [1.29, 1.82) is 0 Å². The van der Waals surface area contributed by atoms with Gasteiger partial charge in [-0.15, -0.1) is 0 Å². The first-order chi connectivity index (χ1) is 11.6. The Labute approximate surface area is 228 Å². The number of aliphatic hydroxyl groups excluding tert-OH is 3. The number of hydrogen-bond acceptors (Lipinski definition) is 9. The standard InChI is InChI=1S/C3H8O3.3C2HCl3O2.Y/c4-1-3(6)2-5;3*3-2(4,5)1(6)7;/h3-6H,1-2H2;3*(H,6,7);/q;;;;+3/p-3. The molecule has 19 heteroatoms. The van der Waals surface area contributed by atoms with Gasteiger partial charge in [0.05, 0.1) is 31.1 Å². The summed E-state index contributed by atoms with van der Waals surface area (Å²) in [4.78, 5) is 28.5. The van der Waals surface area contributed by atoms with Crippen LogP contribution in [-0.4, -0.2) is 63.9 Å². The zero-order chi connectivity index (χ0) is 23.2. The van der Waals surface area contributed by atoms with Crippen LogP contribution in [0.2, 0.25) is 0 Å². The van der Waals surface area contributed by atoms with E-state index in [1.807, 2.05) is 0 Å². The predicted octanol–water partition coefficient (Wildman–Crippen LogP) is -1.35. The number of aliphatic hydroxyl groups is 3. The fourth-order valence-corrected chi connectivity index (χ4v) is 0.0577. The molecule has 0 aliphatic heterocycles. The molecule has 0 aromatic carbocycles. The molecule has 0 saturated heterocycles. The van der Waals surface area contributed by atoms with Gasteiger partial charge in [0.15, 0.2) is 0 Å². The van der Waals surface area contributed by atoms with Crippen LogP contribution in [0, 0.1) is 0 Å². The smallest absolute Gasteiger partial charge is 0.545 e. The monoisotopic (exact) mass is 664 g/mol. The van der Waals surface area contributed by atoms with Crippen molar-refractivity contribution in [3.8, 4) is 0 Å². The Morgan fingerprint density at radius 1 is 0.643 bits per heavy atom. The van der Waals surface area contributed by atoms with Crippen molar-refractivity contribution in [2.45, 2.75) is 17.5 Å². The van der Waals surface area contributed by atoms with E-state index >= 15 is 0 Å². The zero-order valence-corrected chi connectivity index (χ0v) is 22.4. The summed E-state index contributed by atoms with van der Waals surface area (Å²) in [7, 11) is 0. The zero-order valence-electron chi connectivity index (χ0n) is 12.8. The van der Waals surface area contributed by atoms with Gasteiger partial charge in [-0.2, -0.15) is 0 Å². The van der Waals surface area contributed by atoms with E-state index in [9.17, 15) is 29.7 Å². The van der Waals surface area contributed by atoms with Crippen molar-refractivity contribution in [3.63, 3.8) is 0 Å². The van der Waals surface area contributed by atoms with E-state index in [-0.39, 0.29) is 45.9 Å². The molecule has 0 saturated carbocycles. The molecule has 0 amide bonds. The summed E-state index contributed by atoms with van der Waals surface area (Å²) < 4.78 is -6.83. The number of carboxylic acids is 3. The van der Waals surface area contributed by atoms with Crippen LogP contribution in [0.25, 0.3) is 0 Å². The molecule has 164 valence electrons. The Bertz CT molecular complexity index is 387. The molecule has 0 unspecified atom stereocenters. The van der Waals surface area contributed by atoms with Crippen LogP contribution in [0.15, 0.2) is 0 Å². The maximum Gasteiger partial charge on any atom is 3.00 e. The van der Waals surface area contributed by atoms with Gasteiger partial charge < -0.3 is 45.0 Å². The second kappa shape index (κ2) is 19.7. The van der Waals surface area contributed by atoms with Gasteiger partial charge in [-0.1, -0.05) is 104 Å². The van der Waals surface area contributed by atoms with E-state index in [4.69, 9.17) is 120 Å². The predicted molar refractivity (Wildman–Crippen MR) is 96.1 cm³/mol. The topological polar surface area (TPSA) is 181 Å². The average molecular weight is 668 g/mol. The molecule has 0 aliphatic carbocycles. The maximum atomic E-state index is 9.51. The van der Waals surface area contributed by atoms with E-state index in [0.29, 0.717) is 0 Å². The third-order valence-electron chi connectivity index (χ3n) is 1.12. The van der Waals surface area contributed by atoms with Crippen molar-refractivity contribution >= 4 is 122 Å². The van der Waals surface area contributed by atoms with E-state index in [1.165, 1.54) is 0 Å². The van der Waals surface area contributed by atoms with Gasteiger partial charge >= 0.3 is 32.7 Å². The maximum absolute atomic E-state index is 9.51. The Kier molecular flexibility index (Phi) is 28.4. The molecule has 0 rings (SSSR count). The second-order valence-electron chi connectivity index (χ2n) is 3.37. The van der Waals surface area contributed by atoms with Crippen LogP contribution in [0.1, 0.15) is 0 Å². The minimum Gasteiger partial charge on any atom is -0.545 e. The fourth-order valence-electron chi connectivity index (χ4n) is 0.0577. The molecule has 3 N–H and O–H groups in total. The van der Waals surface area contributed by atoms with Gasteiger partial charge in [0.25, 0.3) is 0 Å². The van der Waals surface area contributed by atoms with Crippen molar-refractivity contribution in [2.24, 2.45) is 0 Å². The van der Waals surface area contributed by atoms with Gasteiger partial charge in [0.1, 0.15) is 6.10 Å². The molecule has 0 aliphatic rings. The molecule has 0 heterocycles. The van der Waals surface area contributed by atoms with Crippen LogP contribution in [-0.2, 0) is 47.1 Å². The minimum absolute atomic E-state index is 0. The van der Waals surface area contributed by atoms with Gasteiger partial charge in [0.2, 0.25) is 11.4 Å². The molecule has 0 bridgehead atoms. The number of carbonyl (C=O) groups excluding carboxylic acids is 3. The molecule has 0 spiro atoms. The van der Waals surface area contributed by atoms with Gasteiger partial charge in [0, 0.05) is 0 Å². The summed E-state index contributed by atoms with van der Waals surface area (Å²) >= 11 is 42.6. The fraction of sp³-hybridized carbons (Fsp3) is 0.667. The number of carbonyl (C=O) groups is 3. The number of rotatable bonds is 2. The molecule has 0 atom stereocenters. The number of carboxylic acid groups (broad SMARTS) is 3. The van der Waals surface area contributed by atoms with Crippen molar-refractivity contribution < 1.29 is 77.7 Å². The van der Waals surface area contributed by atoms with Crippen molar-refractivity contribution in [3.05, 3.63) is 0 Å². The molecular weight excluding hydrogens is 660 g/mol. The first-order valence-corrected chi connectivity index (χ1v) is 8.78. The largest absolute Gasteiger partial charge is 3.00 e. The molecule has 28 heavy (non-hydrogen) atoms. The molecule has 0 aromatic heterocycles. The summed E-state index contributed by atoms with van der Waals surface area (Å²) in [5, 5.41) is 52.6. The quantitative estimate of drug-likeness (QED) is 0.300. The van der Waals surface area contributed by atoms with E-state index in [1.54, 1.807) is 0 Å². The number of halogens is 9. The van der Waals surface area contributed by atoms with Gasteiger partial charge in [-0.05, 0) is 0 Å². The Morgan fingerprint density at radius 2 is 0.750 bits per heavy atom. The van der Waals surface area contributed by atoms with Crippen molar-refractivity contribution in [1.82, 2.24) is 0 Å². The Balaban J connectivity index is -0.0000000831. The summed E-state index contributed by atoms with van der Waals surface area (Å²) in [6.45, 7) is -0.729. The Hall–Kier alpha value is 2.00. The van der Waals surface area contributed by atoms with Gasteiger partial charge in [-0.3, -0.25) is 0 Å². The second-order valence-corrected chi connectivity index (χ2v) is 10.2. The summed E-state index contributed by atoms with van der Waals surface area (Å²) in [6.07, 6.45) is -0.954. The third-order valence-corrected chi connectivity index (χ3v) is 2.50. The van der Waals surface area contributed by atoms with Crippen LogP contribution in [0.5, 0.6) is 0 Å². The summed E-state index contributed by atoms with van der Waals surface area (Å²) in [5.74, 6) is -5.13. The van der Waals surface area contributed by atoms with E-state index in [0.717, 1.165) is 0 Å². The first kappa shape index (κ1) is 40.4. The molecule has 9 nitrogen and oxygen atoms in total. The van der Waals surface area contributed by atoms with Crippen LogP contribution in [0.4, 0.5) is 0 Å². The van der Waals surface area contributed by atoms with Crippen LogP contribution >= 0.6 is 104 Å². The normalized spacial score (nSPS) is 10.6. The van der Waals surface area contributed by atoms with E-state index < -0.39 is 35.4 Å². The Morgan fingerprint density at radius 3 is 0.750 bits per heavy atom. The molecular formula is C9H8Cl9O9Y. The number of aliphatic carboxylic acids is 3. The van der Waals surface area contributed by atoms with Crippen LogP contribution in [0.3, 0.4) is 0 Å². The van der Waals surface area contributed by atoms with E-state index in [2.05, 4.69) is 0 Å². The number of alkyl halides is 9. The molecule has 0 radical (unpaired) electrons. The number of hydrogen-bond donors (Lipinski definition) is 3. The van der Waals surface area contributed by atoms with Gasteiger partial charge in [-0.25, -0.2) is 0 Å². The molecule has 0 fully saturated rings. The van der Waals surface area contributed by atoms with Crippen LogP contribution < -0.4 is 15.3 Å². The summed E-state index contributed by atoms with van der Waals surface area (Å²) in [6, 6.07) is 0. The summed E-state index contributed by atoms with van der Waals surface area (Å²) in [5.41, 5.74) is 0. The minimum atomic E-state index is -2.28. The third kappa shape index (κ3) is 35.4. The average Bonchev–Trinajstić information content (AvgIpc) is 2.45. The van der Waals surface area contributed by atoms with Crippen molar-refractivity contribution in [2.75, 3.05) is 13.2 Å². The SMILES string of the molecule is O=C([O-])C(Cl)(Cl)Cl.O=C([O-])C(Cl)(Cl)Cl.O=C([O-])C(Cl)(Cl)Cl.OCC(O)CO.[Y+3].